The molecular formula is C14H29NOS. The maximum absolute atomic E-state index is 10.1. The van der Waals surface area contributed by atoms with Crippen molar-refractivity contribution in [3.63, 3.8) is 0 Å². The Balaban J connectivity index is 2.22. The van der Waals surface area contributed by atoms with Gasteiger partial charge in [0.1, 0.15) is 0 Å². The van der Waals surface area contributed by atoms with Gasteiger partial charge in [0.05, 0.1) is 5.60 Å². The van der Waals surface area contributed by atoms with Crippen LogP contribution in [0.3, 0.4) is 0 Å². The molecule has 0 bridgehead atoms. The third-order valence-corrected chi connectivity index (χ3v) is 4.85. The van der Waals surface area contributed by atoms with Crippen molar-refractivity contribution in [2.45, 2.75) is 58.1 Å². The molecule has 0 aromatic rings. The van der Waals surface area contributed by atoms with Gasteiger partial charge in [-0.25, -0.2) is 0 Å². The third-order valence-electron chi connectivity index (χ3n) is 3.94. The molecule has 0 saturated heterocycles. The molecule has 1 saturated carbocycles. The lowest BCUT2D eigenvalue weighted by molar-refractivity contribution is 0.0776. The van der Waals surface area contributed by atoms with E-state index in [1.165, 1.54) is 25.7 Å². The summed E-state index contributed by atoms with van der Waals surface area (Å²) in [6.07, 6.45) is 7.29. The quantitative estimate of drug-likeness (QED) is 0.769. The Bertz CT molecular complexity index is 210. The Morgan fingerprint density at radius 3 is 2.35 bits per heavy atom. The van der Waals surface area contributed by atoms with Crippen molar-refractivity contribution in [1.82, 2.24) is 5.32 Å². The number of nitrogens with one attached hydrogen (secondary N) is 1. The largest absolute Gasteiger partial charge is 0.388 e. The Hall–Kier alpha value is 0.270. The fourth-order valence-electron chi connectivity index (χ4n) is 2.72. The zero-order valence-electron chi connectivity index (χ0n) is 11.8. The molecule has 0 aliphatic heterocycles. The second-order valence-electron chi connectivity index (χ2n) is 6.17. The molecule has 0 heterocycles. The summed E-state index contributed by atoms with van der Waals surface area (Å²) in [5.41, 5.74) is -0.561. The Labute approximate surface area is 111 Å². The standard InChI is InChI=1S/C14H29NOS/c1-11(2)12-5-7-13(8-6-12)15-9-14(3,16)10-17-4/h11-13,15-16H,5-10H2,1-4H3. The van der Waals surface area contributed by atoms with E-state index in [1.54, 1.807) is 11.8 Å². The summed E-state index contributed by atoms with van der Waals surface area (Å²) in [5.74, 6) is 2.55. The molecule has 1 rings (SSSR count). The summed E-state index contributed by atoms with van der Waals surface area (Å²) in [4.78, 5) is 0. The summed E-state index contributed by atoms with van der Waals surface area (Å²) in [7, 11) is 0. The summed E-state index contributed by atoms with van der Waals surface area (Å²) in [5, 5.41) is 13.6. The van der Waals surface area contributed by atoms with Gasteiger partial charge >= 0.3 is 0 Å². The van der Waals surface area contributed by atoms with Gasteiger partial charge in [-0.05, 0) is 50.7 Å². The van der Waals surface area contributed by atoms with Gasteiger partial charge in [-0.15, -0.1) is 0 Å². The van der Waals surface area contributed by atoms with Crippen molar-refractivity contribution in [2.75, 3.05) is 18.6 Å². The lowest BCUT2D eigenvalue weighted by Crippen LogP contribution is -2.45. The third kappa shape index (κ3) is 5.62. The van der Waals surface area contributed by atoms with Crippen molar-refractivity contribution in [1.29, 1.82) is 0 Å². The fourth-order valence-corrected chi connectivity index (χ4v) is 3.44. The van der Waals surface area contributed by atoms with Crippen LogP contribution < -0.4 is 5.32 Å². The number of hydrogen-bond acceptors (Lipinski definition) is 3. The Kier molecular flexibility index (Phi) is 6.32. The van der Waals surface area contributed by atoms with Crippen LogP contribution in [0, 0.1) is 11.8 Å². The van der Waals surface area contributed by atoms with Crippen molar-refractivity contribution in [3.8, 4) is 0 Å². The first kappa shape index (κ1) is 15.3. The van der Waals surface area contributed by atoms with Crippen LogP contribution in [0.1, 0.15) is 46.5 Å². The van der Waals surface area contributed by atoms with Gasteiger partial charge in [-0.3, -0.25) is 0 Å². The van der Waals surface area contributed by atoms with E-state index in [4.69, 9.17) is 0 Å². The number of hydrogen-bond donors (Lipinski definition) is 2. The second kappa shape index (κ2) is 7.01. The zero-order valence-corrected chi connectivity index (χ0v) is 12.6. The summed E-state index contributed by atoms with van der Waals surface area (Å²) in [6, 6.07) is 0.623. The lowest BCUT2D eigenvalue weighted by Gasteiger charge is -2.33. The number of aliphatic hydroxyl groups is 1. The molecule has 1 fully saturated rings. The van der Waals surface area contributed by atoms with Gasteiger partial charge in [-0.2, -0.15) is 11.8 Å². The van der Waals surface area contributed by atoms with E-state index in [-0.39, 0.29) is 0 Å². The molecule has 0 aromatic carbocycles. The van der Waals surface area contributed by atoms with Crippen LogP contribution in [-0.2, 0) is 0 Å². The van der Waals surface area contributed by atoms with E-state index in [9.17, 15) is 5.11 Å². The van der Waals surface area contributed by atoms with Gasteiger partial charge < -0.3 is 10.4 Å². The van der Waals surface area contributed by atoms with Crippen molar-refractivity contribution >= 4 is 11.8 Å². The van der Waals surface area contributed by atoms with Crippen LogP contribution >= 0.6 is 11.8 Å². The van der Waals surface area contributed by atoms with Crippen molar-refractivity contribution in [3.05, 3.63) is 0 Å². The molecule has 1 aliphatic carbocycles. The number of thioether (sulfide) groups is 1. The number of rotatable bonds is 6. The smallest absolute Gasteiger partial charge is 0.0833 e. The van der Waals surface area contributed by atoms with Gasteiger partial charge in [0.25, 0.3) is 0 Å². The van der Waals surface area contributed by atoms with Gasteiger partial charge in [0, 0.05) is 18.3 Å². The molecule has 3 heteroatoms. The molecule has 102 valence electrons. The first-order valence-corrected chi connectivity index (χ1v) is 8.28. The van der Waals surface area contributed by atoms with Crippen LogP contribution in [0.5, 0.6) is 0 Å². The Morgan fingerprint density at radius 1 is 1.29 bits per heavy atom. The molecule has 1 aliphatic rings. The molecule has 0 amide bonds. The predicted molar refractivity (Wildman–Crippen MR) is 77.6 cm³/mol. The molecule has 1 atom stereocenters. The zero-order chi connectivity index (χ0) is 12.9. The van der Waals surface area contributed by atoms with E-state index >= 15 is 0 Å². The minimum Gasteiger partial charge on any atom is -0.388 e. The second-order valence-corrected chi connectivity index (χ2v) is 7.03. The van der Waals surface area contributed by atoms with Crippen LogP contribution in [-0.4, -0.2) is 35.3 Å². The first-order chi connectivity index (χ1) is 7.94. The van der Waals surface area contributed by atoms with Crippen LogP contribution in [0.2, 0.25) is 0 Å². The summed E-state index contributed by atoms with van der Waals surface area (Å²) in [6.45, 7) is 7.32. The highest BCUT2D eigenvalue weighted by Crippen LogP contribution is 2.29. The van der Waals surface area contributed by atoms with Crippen molar-refractivity contribution < 1.29 is 5.11 Å². The predicted octanol–water partition coefficient (Wildman–Crippen LogP) is 2.90. The average molecular weight is 259 g/mol. The SMILES string of the molecule is CSCC(C)(O)CNC1CCC(C(C)C)CC1. The Morgan fingerprint density at radius 2 is 1.88 bits per heavy atom. The molecule has 2 nitrogen and oxygen atoms in total. The molecule has 0 aromatic heterocycles. The lowest BCUT2D eigenvalue weighted by atomic mass is 9.79. The maximum Gasteiger partial charge on any atom is 0.0833 e. The van der Waals surface area contributed by atoms with E-state index < -0.39 is 5.60 Å². The highest BCUT2D eigenvalue weighted by molar-refractivity contribution is 7.98. The highest BCUT2D eigenvalue weighted by atomic mass is 32.2. The summed E-state index contributed by atoms with van der Waals surface area (Å²) >= 11 is 1.71. The van der Waals surface area contributed by atoms with Crippen molar-refractivity contribution in [2.24, 2.45) is 11.8 Å². The van der Waals surface area contributed by atoms with Gasteiger partial charge in [0.2, 0.25) is 0 Å². The topological polar surface area (TPSA) is 32.3 Å². The molecule has 0 spiro atoms. The highest BCUT2D eigenvalue weighted by Gasteiger charge is 2.25. The van der Waals surface area contributed by atoms with Crippen LogP contribution in [0.4, 0.5) is 0 Å². The molecule has 2 N–H and O–H groups in total. The van der Waals surface area contributed by atoms with Crippen LogP contribution in [0.15, 0.2) is 0 Å². The van der Waals surface area contributed by atoms with E-state index in [0.717, 1.165) is 24.1 Å². The monoisotopic (exact) mass is 259 g/mol. The molecule has 17 heavy (non-hydrogen) atoms. The van der Waals surface area contributed by atoms with E-state index in [0.29, 0.717) is 6.04 Å². The maximum atomic E-state index is 10.1. The average Bonchev–Trinajstić information content (AvgIpc) is 2.27. The molecule has 0 radical (unpaired) electrons. The normalized spacial score (nSPS) is 29.3. The minimum atomic E-state index is -0.561. The fraction of sp³-hybridized carbons (Fsp3) is 1.00. The first-order valence-electron chi connectivity index (χ1n) is 6.89. The van der Waals surface area contributed by atoms with E-state index in [1.807, 2.05) is 13.2 Å². The van der Waals surface area contributed by atoms with Gasteiger partial charge in [0.15, 0.2) is 0 Å². The molecular weight excluding hydrogens is 230 g/mol. The minimum absolute atomic E-state index is 0.561. The molecule has 1 unspecified atom stereocenters. The van der Waals surface area contributed by atoms with Gasteiger partial charge in [-0.1, -0.05) is 13.8 Å². The van der Waals surface area contributed by atoms with Crippen LogP contribution in [0.25, 0.3) is 0 Å². The van der Waals surface area contributed by atoms with E-state index in [2.05, 4.69) is 19.2 Å². The summed E-state index contributed by atoms with van der Waals surface area (Å²) < 4.78 is 0.